The summed E-state index contributed by atoms with van der Waals surface area (Å²) in [5, 5.41) is 10.3. The Balaban J connectivity index is 0.000000147. The monoisotopic (exact) mass is 1300 g/mol. The van der Waals surface area contributed by atoms with E-state index in [9.17, 15) is 0 Å². The average Bonchev–Trinajstić information content (AvgIpc) is 1.57. The van der Waals surface area contributed by atoms with Crippen molar-refractivity contribution in [1.82, 2.24) is 0 Å². The number of fused-ring (bicyclic) bond motifs is 12. The Morgan fingerprint density at radius 3 is 0.794 bits per heavy atom. The Morgan fingerprint density at radius 2 is 0.412 bits per heavy atom. The van der Waals surface area contributed by atoms with E-state index in [1.165, 1.54) is 143 Å². The predicted octanol–water partition coefficient (Wildman–Crippen LogP) is 27.9. The van der Waals surface area contributed by atoms with Gasteiger partial charge in [0.1, 0.15) is 0 Å². The summed E-state index contributed by atoms with van der Waals surface area (Å²) in [6, 6.07) is 138. The van der Waals surface area contributed by atoms with Crippen LogP contribution in [0, 0.1) is 0 Å². The van der Waals surface area contributed by atoms with Crippen LogP contribution in [-0.4, -0.2) is 0 Å². The van der Waals surface area contributed by atoms with Crippen LogP contribution < -0.4 is 9.80 Å². The molecular weight excluding hydrogens is 1230 g/mol. The van der Waals surface area contributed by atoms with Crippen molar-refractivity contribution >= 4 is 77.2 Å². The summed E-state index contributed by atoms with van der Waals surface area (Å²) in [6.45, 7) is 9.50. The highest BCUT2D eigenvalue weighted by Gasteiger charge is 2.38. The summed E-state index contributed by atoms with van der Waals surface area (Å²) < 4.78 is 0. The molecule has 17 aromatic carbocycles. The summed E-state index contributed by atoms with van der Waals surface area (Å²) in [6.07, 6.45) is 0. The third kappa shape index (κ3) is 11.0. The number of nitrogens with zero attached hydrogens (tertiary/aromatic N) is 2. The van der Waals surface area contributed by atoms with Crippen molar-refractivity contribution in [1.29, 1.82) is 0 Å². The zero-order chi connectivity index (χ0) is 68.5. The fourth-order valence-corrected chi connectivity index (χ4v) is 16.2. The molecular formula is C100H74N2. The lowest BCUT2D eigenvalue weighted by Crippen LogP contribution is -2.16. The topological polar surface area (TPSA) is 6.48 Å². The SMILES string of the molecule is CC1(C)c2cc(-c3ccc4c(ccc5ccccc54)c3)ccc2-c2ccc(N(c3ccccc3)c3ccc(-c4ccc(-c5ccccc5)cc4)cc3)cc21.CC1(C)c2cc(-c3ccc4c(ccc5ccccc54)c3)ccc2-c2ccc(N(c3ccccc3)c3ccc(-c4ccccc4)cc3)cc21. The summed E-state index contributed by atoms with van der Waals surface area (Å²) in [4.78, 5) is 4.75. The van der Waals surface area contributed by atoms with Gasteiger partial charge in [-0.15, -0.1) is 0 Å². The molecule has 2 nitrogen and oxygen atoms in total. The normalized spacial score (nSPS) is 12.9. The van der Waals surface area contributed by atoms with Gasteiger partial charge < -0.3 is 9.80 Å². The highest BCUT2D eigenvalue weighted by atomic mass is 15.1. The van der Waals surface area contributed by atoms with Crippen LogP contribution in [0.3, 0.4) is 0 Å². The van der Waals surface area contributed by atoms with Gasteiger partial charge in [0.2, 0.25) is 0 Å². The van der Waals surface area contributed by atoms with E-state index in [4.69, 9.17) is 0 Å². The second kappa shape index (κ2) is 25.3. The van der Waals surface area contributed by atoms with E-state index >= 15 is 0 Å². The molecule has 102 heavy (non-hydrogen) atoms. The van der Waals surface area contributed by atoms with E-state index in [0.29, 0.717) is 0 Å². The lowest BCUT2D eigenvalue weighted by Gasteiger charge is -2.28. The minimum atomic E-state index is -0.165. The van der Waals surface area contributed by atoms with Crippen LogP contribution in [0.2, 0.25) is 0 Å². The second-order valence-corrected chi connectivity index (χ2v) is 28.4. The fourth-order valence-electron chi connectivity index (χ4n) is 16.2. The maximum Gasteiger partial charge on any atom is 0.0465 e. The van der Waals surface area contributed by atoms with Crippen molar-refractivity contribution in [2.75, 3.05) is 9.80 Å². The molecule has 484 valence electrons. The van der Waals surface area contributed by atoms with Crippen molar-refractivity contribution in [2.45, 2.75) is 38.5 Å². The van der Waals surface area contributed by atoms with E-state index in [0.717, 1.165) is 34.1 Å². The maximum absolute atomic E-state index is 2.43. The highest BCUT2D eigenvalue weighted by molar-refractivity contribution is 6.10. The average molecular weight is 1300 g/mol. The Kier molecular flexibility index (Phi) is 15.3. The standard InChI is InChI=1S/C53H39N.C47H35N/c1-53(2)51-34-42(41-25-30-48-43(33-41)22-21-40-13-9-10-16-47(40)48)26-31-49(51)50-32-29-46(35-52(50)53)54(44-14-7-4-8-15-44)45-27-23-39(24-28-45)38-19-17-37(18-20-38)36-11-5-3-6-12-36;1-47(2)45-30-36(35-21-26-42-37(29-35)18-17-34-13-9-10-16-41(34)42)22-27-43(45)44-28-25-40(31-46(44)47)48(38-14-7-4-8-15-38)39-23-19-33(20-24-39)32-11-5-3-6-12-32/h3-35H,1-2H3;3-31H,1-2H3. The smallest absolute Gasteiger partial charge is 0.0465 e. The summed E-state index contributed by atoms with van der Waals surface area (Å²) in [5.41, 5.74) is 29.6. The first-order chi connectivity index (χ1) is 50.1. The first-order valence-corrected chi connectivity index (χ1v) is 35.6. The minimum Gasteiger partial charge on any atom is -0.310 e. The Bertz CT molecular complexity index is 6020. The first kappa shape index (κ1) is 61.7. The third-order valence-corrected chi connectivity index (χ3v) is 21.7. The molecule has 0 fully saturated rings. The van der Waals surface area contributed by atoms with Gasteiger partial charge in [-0.1, -0.05) is 307 Å². The number of hydrogen-bond donors (Lipinski definition) is 0. The molecule has 0 heterocycles. The molecule has 0 saturated carbocycles. The van der Waals surface area contributed by atoms with Crippen LogP contribution >= 0.6 is 0 Å². The molecule has 0 aromatic heterocycles. The third-order valence-electron chi connectivity index (χ3n) is 21.7. The number of para-hydroxylation sites is 2. The van der Waals surface area contributed by atoms with Gasteiger partial charge in [-0.2, -0.15) is 0 Å². The molecule has 0 unspecified atom stereocenters. The highest BCUT2D eigenvalue weighted by Crippen LogP contribution is 2.54. The molecule has 0 atom stereocenters. The van der Waals surface area contributed by atoms with Crippen molar-refractivity contribution in [3.05, 3.63) is 398 Å². The van der Waals surface area contributed by atoms with Gasteiger partial charge in [0.25, 0.3) is 0 Å². The summed E-state index contributed by atoms with van der Waals surface area (Å²) >= 11 is 0. The van der Waals surface area contributed by atoms with Gasteiger partial charge >= 0.3 is 0 Å². The molecule has 0 radical (unpaired) electrons. The summed E-state index contributed by atoms with van der Waals surface area (Å²) in [5.74, 6) is 0. The molecule has 0 N–H and O–H groups in total. The molecule has 19 rings (SSSR count). The van der Waals surface area contributed by atoms with Crippen molar-refractivity contribution in [2.24, 2.45) is 0 Å². The van der Waals surface area contributed by atoms with E-state index in [2.05, 4.69) is 414 Å². The molecule has 0 spiro atoms. The van der Waals surface area contributed by atoms with Crippen LogP contribution in [0.4, 0.5) is 34.1 Å². The minimum absolute atomic E-state index is 0.150. The number of rotatable bonds is 11. The van der Waals surface area contributed by atoms with E-state index in [-0.39, 0.29) is 10.8 Å². The van der Waals surface area contributed by atoms with Gasteiger partial charge in [-0.25, -0.2) is 0 Å². The molecule has 2 aliphatic carbocycles. The van der Waals surface area contributed by atoms with Crippen molar-refractivity contribution in [3.63, 3.8) is 0 Å². The van der Waals surface area contributed by atoms with Gasteiger partial charge in [0, 0.05) is 45.0 Å². The van der Waals surface area contributed by atoms with Crippen LogP contribution in [0.25, 0.3) is 121 Å². The molecule has 0 amide bonds. The molecule has 2 heteroatoms. The van der Waals surface area contributed by atoms with Crippen LogP contribution in [-0.2, 0) is 10.8 Å². The van der Waals surface area contributed by atoms with Crippen LogP contribution in [0.1, 0.15) is 49.9 Å². The van der Waals surface area contributed by atoms with E-state index in [1.807, 2.05) is 0 Å². The largest absolute Gasteiger partial charge is 0.310 e. The van der Waals surface area contributed by atoms with Crippen LogP contribution in [0.5, 0.6) is 0 Å². The Hall–Kier alpha value is -12.6. The van der Waals surface area contributed by atoms with Gasteiger partial charge in [0.05, 0.1) is 0 Å². The van der Waals surface area contributed by atoms with Crippen molar-refractivity contribution in [3.8, 4) is 77.9 Å². The molecule has 0 bridgehead atoms. The number of hydrogen-bond acceptors (Lipinski definition) is 2. The zero-order valence-electron chi connectivity index (χ0n) is 57.7. The number of anilines is 6. The lowest BCUT2D eigenvalue weighted by molar-refractivity contribution is 0.660. The quantitative estimate of drug-likeness (QED) is 0.119. The zero-order valence-corrected chi connectivity index (χ0v) is 57.7. The molecule has 17 aromatic rings. The fraction of sp³-hybridized carbons (Fsp3) is 0.0600. The Morgan fingerprint density at radius 1 is 0.167 bits per heavy atom. The van der Waals surface area contributed by atoms with E-state index < -0.39 is 0 Å². The molecule has 2 aliphatic rings. The maximum atomic E-state index is 2.43. The lowest BCUT2D eigenvalue weighted by atomic mass is 9.81. The van der Waals surface area contributed by atoms with Crippen LogP contribution in [0.15, 0.2) is 376 Å². The van der Waals surface area contributed by atoms with Crippen molar-refractivity contribution < 1.29 is 0 Å². The van der Waals surface area contributed by atoms with E-state index in [1.54, 1.807) is 0 Å². The Labute approximate surface area is 598 Å². The van der Waals surface area contributed by atoms with Gasteiger partial charge in [0.15, 0.2) is 0 Å². The second-order valence-electron chi connectivity index (χ2n) is 28.4. The predicted molar refractivity (Wildman–Crippen MR) is 435 cm³/mol. The number of benzene rings is 17. The molecule has 0 saturated heterocycles. The summed E-state index contributed by atoms with van der Waals surface area (Å²) in [7, 11) is 0. The van der Waals surface area contributed by atoms with Gasteiger partial charge in [-0.3, -0.25) is 0 Å². The first-order valence-electron chi connectivity index (χ1n) is 35.6. The molecule has 0 aliphatic heterocycles. The van der Waals surface area contributed by atoms with Gasteiger partial charge in [-0.05, 0) is 240 Å².